The van der Waals surface area contributed by atoms with Crippen molar-refractivity contribution in [1.29, 1.82) is 0 Å². The van der Waals surface area contributed by atoms with Gasteiger partial charge in [0.1, 0.15) is 4.99 Å². The largest absolute Gasteiger partial charge is 0.389 e. The third-order valence-electron chi connectivity index (χ3n) is 2.61. The number of amides is 1. The standard InChI is InChI=1S/C14H21N3OS2/c1-9(2)17-12(18)7-8-16-10-5-4-6-11(20-3)13(10)14(15)19/h4-6,9,16H,7-8H2,1-3H3,(H2,15,19)(H,17,18). The second kappa shape index (κ2) is 8.11. The fraction of sp³-hybridized carbons (Fsp3) is 0.429. The van der Waals surface area contributed by atoms with Crippen molar-refractivity contribution in [3.8, 4) is 0 Å². The third-order valence-corrected chi connectivity index (χ3v) is 3.59. The number of anilines is 1. The SMILES string of the molecule is CSc1cccc(NCCC(=O)NC(C)C)c1C(N)=S. The number of carbonyl (C=O) groups excluding carboxylic acids is 1. The molecular formula is C14H21N3OS2. The summed E-state index contributed by atoms with van der Waals surface area (Å²) in [6, 6.07) is 6.02. The molecule has 0 aromatic heterocycles. The van der Waals surface area contributed by atoms with Gasteiger partial charge < -0.3 is 16.4 Å². The molecule has 1 aromatic rings. The van der Waals surface area contributed by atoms with E-state index in [1.54, 1.807) is 11.8 Å². The quantitative estimate of drug-likeness (QED) is 0.533. The Kier molecular flexibility index (Phi) is 6.81. The third kappa shape index (κ3) is 5.02. The Morgan fingerprint density at radius 3 is 2.70 bits per heavy atom. The monoisotopic (exact) mass is 311 g/mol. The summed E-state index contributed by atoms with van der Waals surface area (Å²) in [6.07, 6.45) is 2.40. The van der Waals surface area contributed by atoms with E-state index < -0.39 is 0 Å². The summed E-state index contributed by atoms with van der Waals surface area (Å²) in [5, 5.41) is 6.09. The minimum Gasteiger partial charge on any atom is -0.389 e. The maximum absolute atomic E-state index is 11.6. The topological polar surface area (TPSA) is 67.2 Å². The van der Waals surface area contributed by atoms with Crippen LogP contribution in [0.4, 0.5) is 5.69 Å². The number of thiocarbonyl (C=S) groups is 1. The fourth-order valence-electron chi connectivity index (χ4n) is 1.81. The molecule has 0 fully saturated rings. The summed E-state index contributed by atoms with van der Waals surface area (Å²) >= 11 is 6.71. The highest BCUT2D eigenvalue weighted by Crippen LogP contribution is 2.27. The number of rotatable bonds is 7. The van der Waals surface area contributed by atoms with E-state index in [0.29, 0.717) is 18.0 Å². The first-order chi connectivity index (χ1) is 9.45. The molecule has 0 aliphatic carbocycles. The van der Waals surface area contributed by atoms with Crippen LogP contribution in [-0.2, 0) is 4.79 Å². The van der Waals surface area contributed by atoms with Crippen molar-refractivity contribution in [3.63, 3.8) is 0 Å². The number of hydrogen-bond donors (Lipinski definition) is 3. The summed E-state index contributed by atoms with van der Waals surface area (Å²) in [7, 11) is 0. The van der Waals surface area contributed by atoms with Gasteiger partial charge in [-0.1, -0.05) is 18.3 Å². The molecule has 0 bridgehead atoms. The van der Waals surface area contributed by atoms with Crippen LogP contribution in [0.15, 0.2) is 23.1 Å². The van der Waals surface area contributed by atoms with Crippen LogP contribution in [0.3, 0.4) is 0 Å². The Morgan fingerprint density at radius 2 is 2.15 bits per heavy atom. The number of thioether (sulfide) groups is 1. The van der Waals surface area contributed by atoms with Crippen LogP contribution in [0.25, 0.3) is 0 Å². The summed E-state index contributed by atoms with van der Waals surface area (Å²) in [6.45, 7) is 4.43. The van der Waals surface area contributed by atoms with Crippen LogP contribution in [0.2, 0.25) is 0 Å². The van der Waals surface area contributed by atoms with Gasteiger partial charge in [-0.2, -0.15) is 0 Å². The summed E-state index contributed by atoms with van der Waals surface area (Å²) in [5.41, 5.74) is 7.51. The highest BCUT2D eigenvalue weighted by molar-refractivity contribution is 7.98. The van der Waals surface area contributed by atoms with E-state index in [1.165, 1.54) is 0 Å². The van der Waals surface area contributed by atoms with Crippen molar-refractivity contribution in [3.05, 3.63) is 23.8 Å². The number of hydrogen-bond acceptors (Lipinski definition) is 4. The van der Waals surface area contributed by atoms with Gasteiger partial charge in [0.25, 0.3) is 0 Å². The lowest BCUT2D eigenvalue weighted by Crippen LogP contribution is -2.31. The Hall–Kier alpha value is -1.27. The molecule has 0 saturated heterocycles. The lowest BCUT2D eigenvalue weighted by molar-refractivity contribution is -0.121. The van der Waals surface area contributed by atoms with E-state index in [9.17, 15) is 4.79 Å². The minimum absolute atomic E-state index is 0.0328. The predicted octanol–water partition coefficient (Wildman–Crippen LogP) is 2.37. The summed E-state index contributed by atoms with van der Waals surface area (Å²) in [5.74, 6) is 0.0328. The zero-order chi connectivity index (χ0) is 15.1. The van der Waals surface area contributed by atoms with Gasteiger partial charge >= 0.3 is 0 Å². The second-order valence-corrected chi connectivity index (χ2v) is 5.93. The highest BCUT2D eigenvalue weighted by atomic mass is 32.2. The Morgan fingerprint density at radius 1 is 1.45 bits per heavy atom. The smallest absolute Gasteiger partial charge is 0.221 e. The van der Waals surface area contributed by atoms with Crippen molar-refractivity contribution in [2.45, 2.75) is 31.2 Å². The van der Waals surface area contributed by atoms with Gasteiger partial charge in [0.05, 0.1) is 0 Å². The average molecular weight is 311 g/mol. The maximum atomic E-state index is 11.6. The molecule has 0 spiro atoms. The minimum atomic E-state index is 0.0328. The number of nitrogens with two attached hydrogens (primary N) is 1. The molecule has 0 heterocycles. The molecule has 0 aliphatic heterocycles. The predicted molar refractivity (Wildman–Crippen MR) is 90.5 cm³/mol. The van der Waals surface area contributed by atoms with Crippen LogP contribution in [0.5, 0.6) is 0 Å². The first-order valence-electron chi connectivity index (χ1n) is 6.45. The van der Waals surface area contributed by atoms with Crippen LogP contribution in [-0.4, -0.2) is 29.7 Å². The molecule has 1 rings (SSSR count). The summed E-state index contributed by atoms with van der Waals surface area (Å²) < 4.78 is 0. The van der Waals surface area contributed by atoms with Gasteiger partial charge in [-0.15, -0.1) is 11.8 Å². The molecule has 6 heteroatoms. The maximum Gasteiger partial charge on any atom is 0.221 e. The molecule has 20 heavy (non-hydrogen) atoms. The van der Waals surface area contributed by atoms with Gasteiger partial charge in [-0.25, -0.2) is 0 Å². The molecule has 0 unspecified atom stereocenters. The van der Waals surface area contributed by atoms with Crippen LogP contribution < -0.4 is 16.4 Å². The van der Waals surface area contributed by atoms with Crippen molar-refractivity contribution < 1.29 is 4.79 Å². The summed E-state index contributed by atoms with van der Waals surface area (Å²) in [4.78, 5) is 13.0. The molecule has 4 nitrogen and oxygen atoms in total. The molecular weight excluding hydrogens is 290 g/mol. The van der Waals surface area contributed by atoms with Gasteiger partial charge in [0.2, 0.25) is 5.91 Å². The lowest BCUT2D eigenvalue weighted by atomic mass is 10.1. The van der Waals surface area contributed by atoms with Crippen LogP contribution >= 0.6 is 24.0 Å². The van der Waals surface area contributed by atoms with Crippen molar-refractivity contribution >= 4 is 40.6 Å². The van der Waals surface area contributed by atoms with Gasteiger partial charge in [0, 0.05) is 35.2 Å². The Labute approximate surface area is 129 Å². The van der Waals surface area contributed by atoms with E-state index in [1.807, 2.05) is 38.3 Å². The fourth-order valence-corrected chi connectivity index (χ4v) is 2.73. The molecule has 0 radical (unpaired) electrons. The number of nitrogens with one attached hydrogen (secondary N) is 2. The number of benzene rings is 1. The van der Waals surface area contributed by atoms with Crippen molar-refractivity contribution in [1.82, 2.24) is 5.32 Å². The molecule has 110 valence electrons. The Bertz CT molecular complexity index is 489. The zero-order valence-electron chi connectivity index (χ0n) is 12.0. The van der Waals surface area contributed by atoms with E-state index in [-0.39, 0.29) is 11.9 Å². The Balaban J connectivity index is 2.69. The highest BCUT2D eigenvalue weighted by Gasteiger charge is 2.10. The number of carbonyl (C=O) groups is 1. The van der Waals surface area contributed by atoms with Gasteiger partial charge in [-0.05, 0) is 32.2 Å². The van der Waals surface area contributed by atoms with E-state index in [0.717, 1.165) is 16.1 Å². The molecule has 0 aliphatic rings. The zero-order valence-corrected chi connectivity index (χ0v) is 13.7. The van der Waals surface area contributed by atoms with Gasteiger partial charge in [-0.3, -0.25) is 4.79 Å². The van der Waals surface area contributed by atoms with Crippen LogP contribution in [0.1, 0.15) is 25.8 Å². The van der Waals surface area contributed by atoms with E-state index in [2.05, 4.69) is 10.6 Å². The van der Waals surface area contributed by atoms with Crippen LogP contribution in [0, 0.1) is 0 Å². The molecule has 1 aromatic carbocycles. The first kappa shape index (κ1) is 16.8. The van der Waals surface area contributed by atoms with Crippen molar-refractivity contribution in [2.24, 2.45) is 5.73 Å². The molecule has 0 atom stereocenters. The molecule has 1 amide bonds. The normalized spacial score (nSPS) is 10.4. The average Bonchev–Trinajstić information content (AvgIpc) is 2.37. The molecule has 4 N–H and O–H groups in total. The molecule has 0 saturated carbocycles. The first-order valence-corrected chi connectivity index (χ1v) is 8.09. The second-order valence-electron chi connectivity index (χ2n) is 4.65. The lowest BCUT2D eigenvalue weighted by Gasteiger charge is -2.14. The van der Waals surface area contributed by atoms with Gasteiger partial charge in [0.15, 0.2) is 0 Å². The van der Waals surface area contributed by atoms with E-state index in [4.69, 9.17) is 18.0 Å². The van der Waals surface area contributed by atoms with Crippen molar-refractivity contribution in [2.75, 3.05) is 18.1 Å². The van der Waals surface area contributed by atoms with E-state index >= 15 is 0 Å².